The highest BCUT2D eigenvalue weighted by molar-refractivity contribution is 7.85. The van der Waals surface area contributed by atoms with Gasteiger partial charge in [0.2, 0.25) is 0 Å². The van der Waals surface area contributed by atoms with Gasteiger partial charge in [0.05, 0.1) is 10.5 Å². The van der Waals surface area contributed by atoms with E-state index in [1.807, 2.05) is 0 Å². The van der Waals surface area contributed by atoms with Crippen LogP contribution in [0.1, 0.15) is 39.1 Å². The fourth-order valence-corrected chi connectivity index (χ4v) is 2.25. The zero-order valence-corrected chi connectivity index (χ0v) is 14.3. The van der Waals surface area contributed by atoms with E-state index in [9.17, 15) is 17.4 Å². The van der Waals surface area contributed by atoms with Crippen LogP contribution in [0.5, 0.6) is 0 Å². The maximum atomic E-state index is 12.7. The standard InChI is InChI=1S/C15H16F3N3O2S/c1-9(21-24(22)14(2,3)4)12-8-11(20-23-12)10-5-6-19-13(7-10)15(16,17)18/h5-8H,1-4H3/b21-9-/t24-/m1/s1. The van der Waals surface area contributed by atoms with E-state index >= 15 is 0 Å². The van der Waals surface area contributed by atoms with Crippen LogP contribution in [0.25, 0.3) is 11.3 Å². The van der Waals surface area contributed by atoms with Crippen molar-refractivity contribution in [3.63, 3.8) is 0 Å². The van der Waals surface area contributed by atoms with Crippen molar-refractivity contribution in [2.24, 2.45) is 4.40 Å². The summed E-state index contributed by atoms with van der Waals surface area (Å²) in [6.45, 7) is 6.94. The molecule has 0 aliphatic carbocycles. The Balaban J connectivity index is 2.32. The van der Waals surface area contributed by atoms with Crippen LogP contribution in [0.15, 0.2) is 33.3 Å². The molecule has 2 aromatic heterocycles. The van der Waals surface area contributed by atoms with Crippen molar-refractivity contribution in [2.75, 3.05) is 0 Å². The van der Waals surface area contributed by atoms with E-state index in [-0.39, 0.29) is 17.0 Å². The van der Waals surface area contributed by atoms with Crippen molar-refractivity contribution < 1.29 is 21.9 Å². The fraction of sp³-hybridized carbons (Fsp3) is 0.400. The van der Waals surface area contributed by atoms with Gasteiger partial charge >= 0.3 is 6.18 Å². The number of aromatic nitrogens is 2. The molecule has 0 saturated carbocycles. The molecule has 0 aliphatic heterocycles. The molecular weight excluding hydrogens is 343 g/mol. The van der Waals surface area contributed by atoms with Crippen LogP contribution in [0.4, 0.5) is 13.2 Å². The Bertz CT molecular complexity index is 792. The molecule has 0 aliphatic rings. The average molecular weight is 359 g/mol. The van der Waals surface area contributed by atoms with Gasteiger partial charge in [0.1, 0.15) is 22.4 Å². The second-order valence-corrected chi connectivity index (χ2v) is 7.95. The third-order valence-corrected chi connectivity index (χ3v) is 4.44. The maximum Gasteiger partial charge on any atom is 0.433 e. The lowest BCUT2D eigenvalue weighted by atomic mass is 10.1. The molecule has 0 saturated heterocycles. The molecule has 0 radical (unpaired) electrons. The molecule has 24 heavy (non-hydrogen) atoms. The Labute approximate surface area is 139 Å². The Morgan fingerprint density at radius 2 is 1.92 bits per heavy atom. The Kier molecular flexibility index (Phi) is 4.93. The van der Waals surface area contributed by atoms with E-state index in [0.29, 0.717) is 5.71 Å². The third-order valence-electron chi connectivity index (χ3n) is 2.96. The predicted octanol–water partition coefficient (Wildman–Crippen LogP) is 4.03. The molecule has 0 N–H and O–H groups in total. The van der Waals surface area contributed by atoms with Gasteiger partial charge < -0.3 is 4.52 Å². The van der Waals surface area contributed by atoms with Crippen LogP contribution in [-0.2, 0) is 17.2 Å². The molecule has 0 aromatic carbocycles. The number of nitrogens with zero attached hydrogens (tertiary/aromatic N) is 3. The molecule has 2 rings (SSSR count). The van der Waals surface area contributed by atoms with E-state index in [2.05, 4.69) is 14.5 Å². The summed E-state index contributed by atoms with van der Waals surface area (Å²) >= 11 is 0. The second kappa shape index (κ2) is 6.46. The lowest BCUT2D eigenvalue weighted by Gasteiger charge is -2.13. The lowest BCUT2D eigenvalue weighted by molar-refractivity contribution is -0.141. The van der Waals surface area contributed by atoms with Crippen LogP contribution in [0.2, 0.25) is 0 Å². The highest BCUT2D eigenvalue weighted by Crippen LogP contribution is 2.30. The maximum absolute atomic E-state index is 12.7. The summed E-state index contributed by atoms with van der Waals surface area (Å²) < 4.78 is 58.8. The van der Waals surface area contributed by atoms with Gasteiger partial charge in [-0.25, -0.2) is 4.21 Å². The number of pyridine rings is 1. The molecule has 9 heteroatoms. The molecule has 2 aromatic rings. The summed E-state index contributed by atoms with van der Waals surface area (Å²) in [5, 5.41) is 3.75. The van der Waals surface area contributed by atoms with Crippen LogP contribution >= 0.6 is 0 Å². The average Bonchev–Trinajstić information content (AvgIpc) is 2.95. The predicted molar refractivity (Wildman–Crippen MR) is 84.8 cm³/mol. The second-order valence-electron chi connectivity index (χ2n) is 6.04. The number of halogens is 3. The summed E-state index contributed by atoms with van der Waals surface area (Å²) in [6, 6.07) is 3.74. The smallest absolute Gasteiger partial charge is 0.354 e. The molecule has 2 heterocycles. The summed E-state index contributed by atoms with van der Waals surface area (Å²) in [5.41, 5.74) is -0.220. The van der Waals surface area contributed by atoms with Crippen molar-refractivity contribution in [1.29, 1.82) is 0 Å². The first-order valence-corrected chi connectivity index (χ1v) is 8.07. The minimum atomic E-state index is -4.54. The molecule has 0 amide bonds. The van der Waals surface area contributed by atoms with Gasteiger partial charge in [0, 0.05) is 17.8 Å². The minimum Gasteiger partial charge on any atom is -0.354 e. The Morgan fingerprint density at radius 3 is 2.50 bits per heavy atom. The molecular formula is C15H16F3N3O2S. The third kappa shape index (κ3) is 4.28. The molecule has 130 valence electrons. The van der Waals surface area contributed by atoms with E-state index < -0.39 is 27.6 Å². The topological polar surface area (TPSA) is 68.3 Å². The zero-order valence-electron chi connectivity index (χ0n) is 13.5. The molecule has 0 bridgehead atoms. The van der Waals surface area contributed by atoms with Gasteiger partial charge in [-0.1, -0.05) is 5.16 Å². The number of hydrogen-bond acceptors (Lipinski definition) is 4. The number of alkyl halides is 3. The summed E-state index contributed by atoms with van der Waals surface area (Å²) in [4.78, 5) is 3.30. The zero-order chi connectivity index (χ0) is 18.1. The van der Waals surface area contributed by atoms with E-state index in [1.54, 1.807) is 27.7 Å². The summed E-state index contributed by atoms with van der Waals surface area (Å²) in [5.74, 6) is 0.243. The molecule has 0 unspecified atom stereocenters. The van der Waals surface area contributed by atoms with Gasteiger partial charge in [-0.3, -0.25) is 4.98 Å². The lowest BCUT2D eigenvalue weighted by Crippen LogP contribution is -2.20. The SMILES string of the molecule is C/C(=N/[S@](=O)C(C)(C)C)c1cc(-c2ccnc(C(F)(F)F)c2)no1. The minimum absolute atomic E-state index is 0.217. The van der Waals surface area contributed by atoms with Gasteiger partial charge in [-0.05, 0) is 39.8 Å². The largest absolute Gasteiger partial charge is 0.433 e. The van der Waals surface area contributed by atoms with Crippen LogP contribution in [0.3, 0.4) is 0 Å². The first-order valence-electron chi connectivity index (χ1n) is 6.96. The highest BCUT2D eigenvalue weighted by Gasteiger charge is 2.32. The first kappa shape index (κ1) is 18.3. The van der Waals surface area contributed by atoms with E-state index in [0.717, 1.165) is 12.3 Å². The molecule has 0 spiro atoms. The van der Waals surface area contributed by atoms with Crippen molar-refractivity contribution in [3.05, 3.63) is 35.9 Å². The highest BCUT2D eigenvalue weighted by atomic mass is 32.2. The van der Waals surface area contributed by atoms with E-state index in [1.165, 1.54) is 12.1 Å². The van der Waals surface area contributed by atoms with Crippen LogP contribution in [-0.4, -0.2) is 24.8 Å². The van der Waals surface area contributed by atoms with Gasteiger partial charge in [-0.2, -0.15) is 17.6 Å². The molecule has 1 atom stereocenters. The molecule has 5 nitrogen and oxygen atoms in total. The number of hydrogen-bond donors (Lipinski definition) is 0. The summed E-state index contributed by atoms with van der Waals surface area (Å²) in [7, 11) is -1.48. The van der Waals surface area contributed by atoms with E-state index in [4.69, 9.17) is 4.52 Å². The van der Waals surface area contributed by atoms with Crippen molar-refractivity contribution in [1.82, 2.24) is 10.1 Å². The quantitative estimate of drug-likeness (QED) is 0.776. The van der Waals surface area contributed by atoms with Gasteiger partial charge in [0.15, 0.2) is 5.76 Å². The van der Waals surface area contributed by atoms with Gasteiger partial charge in [-0.15, -0.1) is 0 Å². The van der Waals surface area contributed by atoms with Crippen LogP contribution in [0, 0.1) is 0 Å². The normalized spacial score (nSPS) is 14.7. The first-order chi connectivity index (χ1) is 11.0. The Morgan fingerprint density at radius 1 is 1.25 bits per heavy atom. The molecule has 0 fully saturated rings. The summed E-state index contributed by atoms with van der Waals surface area (Å²) in [6.07, 6.45) is -3.48. The van der Waals surface area contributed by atoms with Crippen molar-refractivity contribution in [3.8, 4) is 11.3 Å². The van der Waals surface area contributed by atoms with Crippen LogP contribution < -0.4 is 0 Å². The number of rotatable bonds is 3. The van der Waals surface area contributed by atoms with Crippen molar-refractivity contribution >= 4 is 16.7 Å². The Hall–Kier alpha value is -2.03. The van der Waals surface area contributed by atoms with Gasteiger partial charge in [0.25, 0.3) is 0 Å². The van der Waals surface area contributed by atoms with Crippen molar-refractivity contribution in [2.45, 2.75) is 38.6 Å². The fourth-order valence-electron chi connectivity index (χ4n) is 1.63. The monoisotopic (exact) mass is 359 g/mol.